The summed E-state index contributed by atoms with van der Waals surface area (Å²) in [4.78, 5) is 6.98. The molecule has 0 bridgehead atoms. The number of nitrogens with one attached hydrogen (secondary N) is 2. The molecule has 0 spiro atoms. The maximum atomic E-state index is 4.73. The Morgan fingerprint density at radius 2 is 1.96 bits per heavy atom. The van der Waals surface area contributed by atoms with Crippen molar-refractivity contribution in [3.63, 3.8) is 0 Å². The molecule has 0 radical (unpaired) electrons. The van der Waals surface area contributed by atoms with Crippen molar-refractivity contribution in [2.75, 3.05) is 31.6 Å². The third-order valence-corrected chi connectivity index (χ3v) is 4.34. The van der Waals surface area contributed by atoms with E-state index in [1.54, 1.807) is 6.33 Å². The number of aliphatic imine (C=N–C) groups is 1. The van der Waals surface area contributed by atoms with Crippen LogP contribution < -0.4 is 15.5 Å². The van der Waals surface area contributed by atoms with Gasteiger partial charge < -0.3 is 20.1 Å². The van der Waals surface area contributed by atoms with E-state index in [0.717, 1.165) is 37.8 Å². The summed E-state index contributed by atoms with van der Waals surface area (Å²) in [5.74, 6) is 1.85. The highest BCUT2D eigenvalue weighted by atomic mass is 127. The normalized spacial score (nSPS) is 12.2. The van der Waals surface area contributed by atoms with E-state index in [2.05, 4.69) is 82.4 Å². The van der Waals surface area contributed by atoms with Crippen molar-refractivity contribution in [3.05, 3.63) is 42.5 Å². The van der Waals surface area contributed by atoms with Gasteiger partial charge in [-0.05, 0) is 26.0 Å². The number of hydrogen-bond acceptors (Lipinski definition) is 4. The molecule has 0 aliphatic carbocycles. The first-order valence-electron chi connectivity index (χ1n) is 9.32. The van der Waals surface area contributed by atoms with Crippen molar-refractivity contribution in [2.45, 2.75) is 39.8 Å². The Labute approximate surface area is 179 Å². The van der Waals surface area contributed by atoms with Crippen LogP contribution in [0.2, 0.25) is 0 Å². The number of hydrogen-bond donors (Lipinski definition) is 2. The lowest BCUT2D eigenvalue weighted by atomic mass is 10.2. The smallest absolute Gasteiger partial charge is 0.191 e. The molecule has 1 aromatic heterocycles. The zero-order valence-electron chi connectivity index (χ0n) is 16.7. The lowest BCUT2D eigenvalue weighted by molar-refractivity contribution is 0.629. The number of halogens is 1. The summed E-state index contributed by atoms with van der Waals surface area (Å²) in [6.45, 7) is 9.50. The lowest BCUT2D eigenvalue weighted by Crippen LogP contribution is -2.40. The van der Waals surface area contributed by atoms with Crippen molar-refractivity contribution < 1.29 is 0 Å². The van der Waals surface area contributed by atoms with Gasteiger partial charge in [-0.1, -0.05) is 25.1 Å². The molecule has 1 heterocycles. The fraction of sp³-hybridized carbons (Fsp3) is 0.526. The molecule has 2 N–H and O–H groups in total. The van der Waals surface area contributed by atoms with E-state index >= 15 is 0 Å². The van der Waals surface area contributed by atoms with Crippen LogP contribution in [-0.2, 0) is 13.0 Å². The molecule has 150 valence electrons. The fourth-order valence-electron chi connectivity index (χ4n) is 2.64. The van der Waals surface area contributed by atoms with Crippen LogP contribution in [0.15, 0.2) is 41.7 Å². The third kappa shape index (κ3) is 7.36. The van der Waals surface area contributed by atoms with E-state index in [9.17, 15) is 0 Å². The molecule has 1 unspecified atom stereocenters. The van der Waals surface area contributed by atoms with Crippen LogP contribution in [0.5, 0.6) is 0 Å². The summed E-state index contributed by atoms with van der Waals surface area (Å²) >= 11 is 0. The highest BCUT2D eigenvalue weighted by Gasteiger charge is 2.09. The number of rotatable bonds is 9. The summed E-state index contributed by atoms with van der Waals surface area (Å²) in [6.07, 6.45) is 2.67. The number of aryl methyl sites for hydroxylation is 1. The number of likely N-dealkylation sites (N-methyl/N-ethyl adjacent to an activating group) is 1. The predicted molar refractivity (Wildman–Crippen MR) is 123 cm³/mol. The quantitative estimate of drug-likeness (QED) is 0.325. The highest BCUT2D eigenvalue weighted by molar-refractivity contribution is 14.0. The molecule has 0 fully saturated rings. The number of aromatic nitrogens is 3. The zero-order chi connectivity index (χ0) is 18.8. The van der Waals surface area contributed by atoms with Gasteiger partial charge in [-0.3, -0.25) is 4.99 Å². The van der Waals surface area contributed by atoms with Gasteiger partial charge in [0.2, 0.25) is 0 Å². The van der Waals surface area contributed by atoms with Crippen LogP contribution >= 0.6 is 24.0 Å². The molecule has 7 nitrogen and oxygen atoms in total. The molecular formula is C19H32IN7. The maximum Gasteiger partial charge on any atom is 0.191 e. The molecule has 0 aliphatic heterocycles. The minimum absolute atomic E-state index is 0. The van der Waals surface area contributed by atoms with Gasteiger partial charge in [0.05, 0.1) is 6.54 Å². The van der Waals surface area contributed by atoms with E-state index in [0.29, 0.717) is 12.6 Å². The Bertz CT molecular complexity index is 672. The van der Waals surface area contributed by atoms with Gasteiger partial charge >= 0.3 is 0 Å². The van der Waals surface area contributed by atoms with Crippen LogP contribution in [0.4, 0.5) is 5.69 Å². The molecule has 0 saturated carbocycles. The van der Waals surface area contributed by atoms with Crippen LogP contribution in [-0.4, -0.2) is 53.4 Å². The SMILES string of the molecule is CCNC(=NCC(C)N(C)c1ccccc1)NCCn1cnnc1CC.I. The minimum Gasteiger partial charge on any atom is -0.370 e. The van der Waals surface area contributed by atoms with Crippen LogP contribution in [0.1, 0.15) is 26.6 Å². The molecule has 27 heavy (non-hydrogen) atoms. The summed E-state index contributed by atoms with van der Waals surface area (Å²) < 4.78 is 2.07. The van der Waals surface area contributed by atoms with E-state index in [1.807, 2.05) is 6.07 Å². The number of guanidine groups is 1. The predicted octanol–water partition coefficient (Wildman–Crippen LogP) is 2.54. The summed E-state index contributed by atoms with van der Waals surface area (Å²) in [7, 11) is 2.11. The number of para-hydroxylation sites is 1. The molecule has 2 aromatic rings. The van der Waals surface area contributed by atoms with E-state index in [-0.39, 0.29) is 24.0 Å². The Morgan fingerprint density at radius 1 is 1.22 bits per heavy atom. The van der Waals surface area contributed by atoms with E-state index in [1.165, 1.54) is 5.69 Å². The van der Waals surface area contributed by atoms with Gasteiger partial charge in [0.1, 0.15) is 12.2 Å². The molecular weight excluding hydrogens is 453 g/mol. The monoisotopic (exact) mass is 485 g/mol. The van der Waals surface area contributed by atoms with Crippen molar-refractivity contribution in [3.8, 4) is 0 Å². The van der Waals surface area contributed by atoms with Crippen molar-refractivity contribution >= 4 is 35.6 Å². The van der Waals surface area contributed by atoms with Crippen LogP contribution in [0.3, 0.4) is 0 Å². The Morgan fingerprint density at radius 3 is 2.63 bits per heavy atom. The summed E-state index contributed by atoms with van der Waals surface area (Å²) in [5.41, 5.74) is 1.20. The van der Waals surface area contributed by atoms with E-state index < -0.39 is 0 Å². The van der Waals surface area contributed by atoms with Crippen molar-refractivity contribution in [1.29, 1.82) is 0 Å². The Balaban J connectivity index is 0.00000364. The molecule has 0 amide bonds. The van der Waals surface area contributed by atoms with Gasteiger partial charge in [0.15, 0.2) is 5.96 Å². The molecule has 0 saturated heterocycles. The average Bonchev–Trinajstić information content (AvgIpc) is 3.13. The van der Waals surface area contributed by atoms with Gasteiger partial charge in [-0.25, -0.2) is 0 Å². The minimum atomic E-state index is 0. The van der Waals surface area contributed by atoms with E-state index in [4.69, 9.17) is 4.99 Å². The van der Waals surface area contributed by atoms with Crippen LogP contribution in [0, 0.1) is 0 Å². The molecule has 0 aliphatic rings. The van der Waals surface area contributed by atoms with Crippen molar-refractivity contribution in [1.82, 2.24) is 25.4 Å². The first kappa shape index (κ1) is 23.2. The second-order valence-electron chi connectivity index (χ2n) is 6.24. The fourth-order valence-corrected chi connectivity index (χ4v) is 2.64. The van der Waals surface area contributed by atoms with Crippen LogP contribution in [0.25, 0.3) is 0 Å². The molecule has 2 rings (SSSR count). The number of nitrogens with zero attached hydrogens (tertiary/aromatic N) is 5. The van der Waals surface area contributed by atoms with Gasteiger partial charge in [0, 0.05) is 44.8 Å². The second-order valence-corrected chi connectivity index (χ2v) is 6.24. The third-order valence-electron chi connectivity index (χ3n) is 4.34. The summed E-state index contributed by atoms with van der Waals surface area (Å²) in [5, 5.41) is 14.8. The lowest BCUT2D eigenvalue weighted by Gasteiger charge is -2.26. The number of anilines is 1. The van der Waals surface area contributed by atoms with Gasteiger partial charge in [-0.15, -0.1) is 34.2 Å². The zero-order valence-corrected chi connectivity index (χ0v) is 19.1. The second kappa shape index (κ2) is 12.5. The van der Waals surface area contributed by atoms with Gasteiger partial charge in [0.25, 0.3) is 0 Å². The number of benzene rings is 1. The first-order chi connectivity index (χ1) is 12.7. The maximum absolute atomic E-state index is 4.73. The Hall–Kier alpha value is -1.84. The van der Waals surface area contributed by atoms with Crippen molar-refractivity contribution in [2.24, 2.45) is 4.99 Å². The standard InChI is InChI=1S/C19H31N7.HI/c1-5-18-24-23-15-26(18)13-12-21-19(20-6-2)22-14-16(3)25(4)17-10-8-7-9-11-17;/h7-11,15-16H,5-6,12-14H2,1-4H3,(H2,20,21,22);1H. The highest BCUT2D eigenvalue weighted by Crippen LogP contribution is 2.14. The van der Waals surface area contributed by atoms with Gasteiger partial charge in [-0.2, -0.15) is 0 Å². The molecule has 8 heteroatoms. The average molecular weight is 485 g/mol. The topological polar surface area (TPSA) is 70.4 Å². The first-order valence-corrected chi connectivity index (χ1v) is 9.32. The Kier molecular flexibility index (Phi) is 10.8. The molecule has 1 atom stereocenters. The largest absolute Gasteiger partial charge is 0.370 e. The molecule has 1 aromatic carbocycles. The summed E-state index contributed by atoms with van der Waals surface area (Å²) in [6, 6.07) is 10.7.